The van der Waals surface area contributed by atoms with Gasteiger partial charge in [-0.25, -0.2) is 15.0 Å². The second-order valence-electron chi connectivity index (χ2n) is 10.6. The number of nitrogens with one attached hydrogen (secondary N) is 1. The summed E-state index contributed by atoms with van der Waals surface area (Å²) < 4.78 is 5.45. The van der Waals surface area contributed by atoms with Crippen LogP contribution in [0.2, 0.25) is 5.02 Å². The van der Waals surface area contributed by atoms with Gasteiger partial charge < -0.3 is 14.7 Å². The average molecular weight is 599 g/mol. The molecule has 0 aliphatic carbocycles. The molecule has 2 aliphatic heterocycles. The van der Waals surface area contributed by atoms with E-state index in [9.17, 15) is 14.7 Å². The molecule has 2 N–H and O–H groups in total. The molecular weight excluding hydrogens is 564 g/mol. The van der Waals surface area contributed by atoms with Crippen molar-refractivity contribution in [3.05, 3.63) is 45.7 Å². The van der Waals surface area contributed by atoms with Crippen molar-refractivity contribution in [1.29, 1.82) is 0 Å². The number of carboxylic acid groups (broad SMARTS) is 1. The van der Waals surface area contributed by atoms with Crippen LogP contribution in [0.5, 0.6) is 5.75 Å². The Morgan fingerprint density at radius 1 is 1.17 bits per heavy atom. The number of anilines is 2. The third kappa shape index (κ3) is 6.47. The van der Waals surface area contributed by atoms with E-state index in [-0.39, 0.29) is 11.6 Å². The van der Waals surface area contributed by atoms with E-state index in [2.05, 4.69) is 27.1 Å². The highest BCUT2D eigenvalue weighted by atomic mass is 35.5. The minimum absolute atomic E-state index is 0.182. The molecule has 2 aliphatic rings. The van der Waals surface area contributed by atoms with Crippen LogP contribution in [0.3, 0.4) is 0 Å². The maximum absolute atomic E-state index is 13.1. The van der Waals surface area contributed by atoms with E-state index in [1.54, 1.807) is 13.3 Å². The quantitative estimate of drug-likeness (QED) is 0.329. The molecule has 5 rings (SSSR count). The first-order valence-electron chi connectivity index (χ1n) is 14.0. The molecular formula is C29H35ClN6O4S. The van der Waals surface area contributed by atoms with E-state index in [0.29, 0.717) is 53.7 Å². The van der Waals surface area contributed by atoms with Crippen molar-refractivity contribution in [2.75, 3.05) is 37.0 Å². The highest BCUT2D eigenvalue weighted by molar-refractivity contribution is 7.16. The third-order valence-electron chi connectivity index (χ3n) is 7.98. The molecule has 0 spiro atoms. The number of carboxylic acids is 1. The molecule has 1 unspecified atom stereocenters. The van der Waals surface area contributed by atoms with Gasteiger partial charge >= 0.3 is 5.97 Å². The molecule has 2 aromatic heterocycles. The molecule has 2 saturated heterocycles. The van der Waals surface area contributed by atoms with Gasteiger partial charge in [0.2, 0.25) is 0 Å². The molecule has 12 heteroatoms. The van der Waals surface area contributed by atoms with Gasteiger partial charge in [-0.1, -0.05) is 29.9 Å². The first kappa shape index (κ1) is 29.2. The lowest BCUT2D eigenvalue weighted by molar-refractivity contribution is -0.142. The van der Waals surface area contributed by atoms with Crippen molar-refractivity contribution in [3.8, 4) is 17.0 Å². The zero-order valence-electron chi connectivity index (χ0n) is 23.5. The van der Waals surface area contributed by atoms with Crippen LogP contribution in [0.4, 0.5) is 10.9 Å². The third-order valence-corrected chi connectivity index (χ3v) is 9.22. The van der Waals surface area contributed by atoms with Gasteiger partial charge in [0, 0.05) is 36.1 Å². The molecule has 1 atom stereocenters. The van der Waals surface area contributed by atoms with Crippen LogP contribution in [0.15, 0.2) is 24.5 Å². The second-order valence-corrected chi connectivity index (χ2v) is 12.1. The Kier molecular flexibility index (Phi) is 9.06. The second kappa shape index (κ2) is 12.7. The van der Waals surface area contributed by atoms with Crippen LogP contribution in [0.1, 0.15) is 60.0 Å². The molecule has 2 fully saturated rings. The average Bonchev–Trinajstić information content (AvgIpc) is 3.59. The number of halogens is 1. The molecule has 0 radical (unpaired) electrons. The van der Waals surface area contributed by atoms with Crippen LogP contribution in [-0.2, 0) is 11.3 Å². The number of aryl methyl sites for hydroxylation is 1. The summed E-state index contributed by atoms with van der Waals surface area (Å²) in [6.45, 7) is 7.14. The van der Waals surface area contributed by atoms with Crippen LogP contribution in [-0.4, -0.2) is 69.6 Å². The lowest BCUT2D eigenvalue weighted by Gasteiger charge is -2.30. The van der Waals surface area contributed by atoms with Crippen LogP contribution in [0.25, 0.3) is 11.3 Å². The summed E-state index contributed by atoms with van der Waals surface area (Å²) >= 11 is 8.00. The van der Waals surface area contributed by atoms with Gasteiger partial charge in [0.05, 0.1) is 36.1 Å². The van der Waals surface area contributed by atoms with E-state index in [1.807, 2.05) is 24.0 Å². The van der Waals surface area contributed by atoms with Gasteiger partial charge in [-0.3, -0.25) is 19.8 Å². The van der Waals surface area contributed by atoms with Crippen LogP contribution < -0.4 is 15.0 Å². The summed E-state index contributed by atoms with van der Waals surface area (Å²) in [4.78, 5) is 43.5. The van der Waals surface area contributed by atoms with Crippen molar-refractivity contribution in [2.24, 2.45) is 5.92 Å². The van der Waals surface area contributed by atoms with Crippen molar-refractivity contribution in [1.82, 2.24) is 19.9 Å². The van der Waals surface area contributed by atoms with Gasteiger partial charge in [0.25, 0.3) is 5.91 Å². The van der Waals surface area contributed by atoms with Gasteiger partial charge in [-0.15, -0.1) is 0 Å². The van der Waals surface area contributed by atoms with Gasteiger partial charge in [0.15, 0.2) is 5.13 Å². The number of thiazole rings is 1. The molecule has 0 bridgehead atoms. The number of hydrogen-bond donors (Lipinski definition) is 2. The molecule has 3 aromatic rings. The Balaban J connectivity index is 1.35. The number of ether oxygens (including phenoxy) is 1. The number of aliphatic carboxylic acids is 1. The number of piperidine rings is 1. The number of amides is 1. The van der Waals surface area contributed by atoms with Crippen LogP contribution in [0, 0.1) is 12.8 Å². The zero-order valence-corrected chi connectivity index (χ0v) is 25.1. The Bertz CT molecular complexity index is 1380. The van der Waals surface area contributed by atoms with E-state index in [4.69, 9.17) is 21.3 Å². The smallest absolute Gasteiger partial charge is 0.306 e. The summed E-state index contributed by atoms with van der Waals surface area (Å²) in [7, 11) is 1.60. The Morgan fingerprint density at radius 3 is 2.59 bits per heavy atom. The monoisotopic (exact) mass is 598 g/mol. The maximum atomic E-state index is 13.1. The number of carbonyl (C=O) groups is 2. The number of rotatable bonds is 9. The highest BCUT2D eigenvalue weighted by Crippen LogP contribution is 2.39. The predicted molar refractivity (Wildman–Crippen MR) is 160 cm³/mol. The standard InChI is InChI=1S/C29H35ClN6O4S/c1-4-20-6-5-9-36(20)16-23-25(19-12-17(2)26(40-3)21(30)13-19)33-29(41-23)34-27(37)22-14-32-24(15-31-22)35-10-7-18(8-11-35)28(38)39/h12-15,18,20H,4-11,16H2,1-3H3,(H,38,39)(H,33,34,37). The number of carbonyl (C=O) groups excluding carboxylic acids is 1. The highest BCUT2D eigenvalue weighted by Gasteiger charge is 2.27. The normalized spacial score (nSPS) is 18.0. The molecule has 1 aromatic carbocycles. The van der Waals surface area contributed by atoms with Crippen molar-refractivity contribution in [2.45, 2.75) is 58.5 Å². The molecule has 0 saturated carbocycles. The van der Waals surface area contributed by atoms with E-state index >= 15 is 0 Å². The topological polar surface area (TPSA) is 121 Å². The van der Waals surface area contributed by atoms with Crippen molar-refractivity contribution >= 4 is 45.8 Å². The van der Waals surface area contributed by atoms with Crippen molar-refractivity contribution in [3.63, 3.8) is 0 Å². The first-order chi connectivity index (χ1) is 19.8. The number of aromatic nitrogens is 3. The lowest BCUT2D eigenvalue weighted by atomic mass is 9.97. The summed E-state index contributed by atoms with van der Waals surface area (Å²) in [5, 5.41) is 13.1. The molecule has 4 heterocycles. The Morgan fingerprint density at radius 2 is 1.95 bits per heavy atom. The molecule has 41 heavy (non-hydrogen) atoms. The van der Waals surface area contributed by atoms with Gasteiger partial charge in [0.1, 0.15) is 17.3 Å². The Labute approximate surface area is 248 Å². The Hall–Kier alpha value is -3.28. The molecule has 218 valence electrons. The minimum Gasteiger partial charge on any atom is -0.495 e. The summed E-state index contributed by atoms with van der Waals surface area (Å²) in [6, 6.07) is 4.41. The SMILES string of the molecule is CCC1CCCN1Cc1sc(NC(=O)c2cnc(N3CCC(C(=O)O)CC3)cn2)nc1-c1cc(C)c(OC)c(Cl)c1. The number of hydrogen-bond acceptors (Lipinski definition) is 9. The summed E-state index contributed by atoms with van der Waals surface area (Å²) in [6.07, 6.45) is 7.59. The minimum atomic E-state index is -0.757. The van der Waals surface area contributed by atoms with Gasteiger partial charge in [-0.05, 0) is 63.3 Å². The van der Waals surface area contributed by atoms with Gasteiger partial charge in [-0.2, -0.15) is 0 Å². The van der Waals surface area contributed by atoms with Crippen molar-refractivity contribution < 1.29 is 19.4 Å². The fourth-order valence-corrected chi connectivity index (χ4v) is 7.08. The first-order valence-corrected chi connectivity index (χ1v) is 15.2. The predicted octanol–water partition coefficient (Wildman–Crippen LogP) is 5.50. The van der Waals surface area contributed by atoms with Crippen LogP contribution >= 0.6 is 22.9 Å². The molecule has 10 nitrogen and oxygen atoms in total. The lowest BCUT2D eigenvalue weighted by Crippen LogP contribution is -2.36. The van der Waals surface area contributed by atoms with E-state index in [1.165, 1.54) is 30.4 Å². The summed E-state index contributed by atoms with van der Waals surface area (Å²) in [5.74, 6) is -0.204. The number of likely N-dealkylation sites (tertiary alicyclic amines) is 1. The summed E-state index contributed by atoms with van der Waals surface area (Å²) in [5.41, 5.74) is 2.77. The number of benzene rings is 1. The fraction of sp³-hybridized carbons (Fsp3) is 0.483. The number of methoxy groups -OCH3 is 1. The maximum Gasteiger partial charge on any atom is 0.306 e. The zero-order chi connectivity index (χ0) is 29.1. The molecule has 1 amide bonds. The fourth-order valence-electron chi connectivity index (χ4n) is 5.73. The number of nitrogens with zero attached hydrogens (tertiary/aromatic N) is 5. The largest absolute Gasteiger partial charge is 0.495 e. The van der Waals surface area contributed by atoms with E-state index in [0.717, 1.165) is 41.2 Å². The van der Waals surface area contributed by atoms with E-state index < -0.39 is 11.9 Å².